The predicted octanol–water partition coefficient (Wildman–Crippen LogP) is 0.939. The fourth-order valence-electron chi connectivity index (χ4n) is 2.03. The molecule has 0 bridgehead atoms. The van der Waals surface area contributed by atoms with E-state index in [9.17, 15) is 14.4 Å². The van der Waals surface area contributed by atoms with E-state index in [0.29, 0.717) is 19.3 Å². The van der Waals surface area contributed by atoms with Crippen LogP contribution in [0.3, 0.4) is 0 Å². The first-order valence-electron chi connectivity index (χ1n) is 6.51. The molecule has 3 unspecified atom stereocenters. The van der Waals surface area contributed by atoms with Crippen LogP contribution >= 0.6 is 0 Å². The summed E-state index contributed by atoms with van der Waals surface area (Å²) in [5.41, 5.74) is 0. The quantitative estimate of drug-likeness (QED) is 0.549. The van der Waals surface area contributed by atoms with Crippen molar-refractivity contribution in [1.29, 1.82) is 0 Å². The van der Waals surface area contributed by atoms with Crippen LogP contribution in [0.4, 0.5) is 0 Å². The number of hydrogen-bond donors (Lipinski definition) is 0. The van der Waals surface area contributed by atoms with Crippen LogP contribution < -0.4 is 0 Å². The molecule has 1 saturated heterocycles. The molecule has 0 aromatic heterocycles. The van der Waals surface area contributed by atoms with E-state index in [-0.39, 0.29) is 12.6 Å². The van der Waals surface area contributed by atoms with E-state index >= 15 is 0 Å². The molecule has 3 atom stereocenters. The third kappa shape index (κ3) is 6.01. The number of carbonyl (C=O) groups excluding carboxylic acids is 3. The van der Waals surface area contributed by atoms with Crippen molar-refractivity contribution < 1.29 is 33.3 Å². The molecule has 0 radical (unpaired) electrons. The Kier molecular flexibility index (Phi) is 6.44. The second kappa shape index (κ2) is 7.84. The smallest absolute Gasteiger partial charge is 0.304 e. The molecule has 1 rings (SSSR count). The lowest BCUT2D eigenvalue weighted by molar-refractivity contribution is -0.228. The number of rotatable bonds is 5. The molecule has 0 aliphatic carbocycles. The number of hydrogen-bond acceptors (Lipinski definition) is 7. The van der Waals surface area contributed by atoms with Gasteiger partial charge in [0, 0.05) is 33.6 Å². The fraction of sp³-hybridized carbons (Fsp3) is 0.769. The van der Waals surface area contributed by atoms with Crippen molar-refractivity contribution in [3.63, 3.8) is 0 Å². The van der Waals surface area contributed by atoms with Gasteiger partial charge in [0.25, 0.3) is 0 Å². The normalized spacial score (nSPS) is 25.6. The van der Waals surface area contributed by atoms with Gasteiger partial charge >= 0.3 is 17.9 Å². The third-order valence-corrected chi connectivity index (χ3v) is 2.75. The Hall–Kier alpha value is -1.63. The molecule has 0 N–H and O–H groups in total. The van der Waals surface area contributed by atoms with Gasteiger partial charge in [-0.1, -0.05) is 0 Å². The summed E-state index contributed by atoms with van der Waals surface area (Å²) < 4.78 is 20.6. The van der Waals surface area contributed by atoms with Gasteiger partial charge in [0.1, 0.15) is 12.2 Å². The zero-order valence-electron chi connectivity index (χ0n) is 11.9. The van der Waals surface area contributed by atoms with Gasteiger partial charge in [-0.3, -0.25) is 14.4 Å². The van der Waals surface area contributed by atoms with Crippen molar-refractivity contribution in [3.8, 4) is 0 Å². The Labute approximate surface area is 117 Å². The van der Waals surface area contributed by atoms with Crippen LogP contribution in [0.2, 0.25) is 0 Å². The zero-order valence-corrected chi connectivity index (χ0v) is 11.9. The minimum atomic E-state index is -0.651. The van der Waals surface area contributed by atoms with Crippen molar-refractivity contribution in [2.24, 2.45) is 0 Å². The molecule has 20 heavy (non-hydrogen) atoms. The van der Waals surface area contributed by atoms with Crippen LogP contribution in [0.25, 0.3) is 0 Å². The van der Waals surface area contributed by atoms with Crippen molar-refractivity contribution in [2.75, 3.05) is 6.61 Å². The highest BCUT2D eigenvalue weighted by Crippen LogP contribution is 2.25. The van der Waals surface area contributed by atoms with Gasteiger partial charge in [0.05, 0.1) is 6.61 Å². The van der Waals surface area contributed by atoms with Crippen molar-refractivity contribution >= 4 is 17.9 Å². The predicted molar refractivity (Wildman–Crippen MR) is 66.5 cm³/mol. The van der Waals surface area contributed by atoms with Gasteiger partial charge in [0.2, 0.25) is 6.29 Å². The lowest BCUT2D eigenvalue weighted by atomic mass is 10.0. The minimum absolute atomic E-state index is 0.157. The largest absolute Gasteiger partial charge is 0.466 e. The first-order chi connectivity index (χ1) is 9.38. The summed E-state index contributed by atoms with van der Waals surface area (Å²) >= 11 is 0. The number of esters is 3. The zero-order chi connectivity index (χ0) is 15.1. The Morgan fingerprint density at radius 1 is 1.00 bits per heavy atom. The first-order valence-corrected chi connectivity index (χ1v) is 6.51. The number of carbonyl (C=O) groups is 3. The Balaban J connectivity index is 2.54. The molecule has 1 heterocycles. The highest BCUT2D eigenvalue weighted by Gasteiger charge is 2.34. The summed E-state index contributed by atoms with van der Waals surface area (Å²) in [7, 11) is 0. The summed E-state index contributed by atoms with van der Waals surface area (Å²) in [6.07, 6.45) is -0.174. The van der Waals surface area contributed by atoms with E-state index in [1.165, 1.54) is 20.8 Å². The van der Waals surface area contributed by atoms with Gasteiger partial charge in [-0.05, 0) is 6.42 Å². The topological polar surface area (TPSA) is 88.1 Å². The maximum Gasteiger partial charge on any atom is 0.304 e. The Morgan fingerprint density at radius 3 is 2.20 bits per heavy atom. The molecular weight excluding hydrogens is 268 g/mol. The van der Waals surface area contributed by atoms with Crippen molar-refractivity contribution in [2.45, 2.75) is 58.5 Å². The molecule has 1 fully saturated rings. The molecule has 0 aromatic carbocycles. The first kappa shape index (κ1) is 16.4. The molecule has 1 aliphatic rings. The fourth-order valence-corrected chi connectivity index (χ4v) is 2.03. The molecule has 0 aromatic rings. The molecule has 7 heteroatoms. The van der Waals surface area contributed by atoms with Gasteiger partial charge < -0.3 is 18.9 Å². The van der Waals surface area contributed by atoms with Crippen molar-refractivity contribution in [3.05, 3.63) is 0 Å². The summed E-state index contributed by atoms with van der Waals surface area (Å²) in [5.74, 6) is -1.22. The van der Waals surface area contributed by atoms with Gasteiger partial charge in [0.15, 0.2) is 0 Å². The van der Waals surface area contributed by atoms with Crippen LogP contribution in [0.5, 0.6) is 0 Å². The second-order valence-electron chi connectivity index (χ2n) is 4.57. The maximum absolute atomic E-state index is 11.1. The van der Waals surface area contributed by atoms with E-state index in [2.05, 4.69) is 0 Å². The molecule has 7 nitrogen and oxygen atoms in total. The third-order valence-electron chi connectivity index (χ3n) is 2.75. The van der Waals surface area contributed by atoms with E-state index in [0.717, 1.165) is 0 Å². The Morgan fingerprint density at radius 2 is 1.65 bits per heavy atom. The highest BCUT2D eigenvalue weighted by molar-refractivity contribution is 5.66. The molecule has 1 aliphatic heterocycles. The monoisotopic (exact) mass is 288 g/mol. The second-order valence-corrected chi connectivity index (χ2v) is 4.57. The van der Waals surface area contributed by atoms with Crippen LogP contribution in [-0.4, -0.2) is 43.0 Å². The minimum Gasteiger partial charge on any atom is -0.466 e. The summed E-state index contributed by atoms with van der Waals surface area (Å²) in [4.78, 5) is 32.7. The van der Waals surface area contributed by atoms with E-state index in [4.69, 9.17) is 18.9 Å². The SMILES string of the molecule is CC(=O)OCCC1OC(OC(C)=O)CCC1OC(C)=O. The summed E-state index contributed by atoms with van der Waals surface area (Å²) in [6, 6.07) is 0. The Bertz CT molecular complexity index is 366. The summed E-state index contributed by atoms with van der Waals surface area (Å²) in [5, 5.41) is 0. The van der Waals surface area contributed by atoms with E-state index in [1.807, 2.05) is 0 Å². The average molecular weight is 288 g/mol. The van der Waals surface area contributed by atoms with E-state index in [1.54, 1.807) is 0 Å². The van der Waals surface area contributed by atoms with Crippen LogP contribution in [0, 0.1) is 0 Å². The van der Waals surface area contributed by atoms with Crippen LogP contribution in [0.15, 0.2) is 0 Å². The van der Waals surface area contributed by atoms with Gasteiger partial charge in [-0.2, -0.15) is 0 Å². The lowest BCUT2D eigenvalue weighted by Gasteiger charge is -2.35. The molecule has 114 valence electrons. The summed E-state index contributed by atoms with van der Waals surface area (Å²) in [6.45, 7) is 4.09. The van der Waals surface area contributed by atoms with Gasteiger partial charge in [-0.25, -0.2) is 0 Å². The van der Waals surface area contributed by atoms with Crippen molar-refractivity contribution in [1.82, 2.24) is 0 Å². The standard InChI is InChI=1S/C13H20O7/c1-8(14)17-7-6-12-11(18-9(2)15)4-5-13(20-12)19-10(3)16/h11-13H,4-7H2,1-3H3. The van der Waals surface area contributed by atoms with Crippen LogP contribution in [0.1, 0.15) is 40.0 Å². The van der Waals surface area contributed by atoms with E-state index < -0.39 is 30.4 Å². The van der Waals surface area contributed by atoms with Gasteiger partial charge in [-0.15, -0.1) is 0 Å². The average Bonchev–Trinajstić information content (AvgIpc) is 2.30. The molecule has 0 spiro atoms. The van der Waals surface area contributed by atoms with Crippen LogP contribution in [-0.2, 0) is 33.3 Å². The highest BCUT2D eigenvalue weighted by atomic mass is 16.7. The lowest BCUT2D eigenvalue weighted by Crippen LogP contribution is -2.43. The molecule has 0 saturated carbocycles. The number of ether oxygens (including phenoxy) is 4. The molecular formula is C13H20O7. The maximum atomic E-state index is 11.1. The molecule has 0 amide bonds.